The van der Waals surface area contributed by atoms with Crippen molar-refractivity contribution in [3.63, 3.8) is 0 Å². The summed E-state index contributed by atoms with van der Waals surface area (Å²) in [6.45, 7) is 0. The second-order valence-electron chi connectivity index (χ2n) is 7.19. The Morgan fingerprint density at radius 3 is 2.00 bits per heavy atom. The van der Waals surface area contributed by atoms with Crippen LogP contribution in [0.15, 0.2) is 95.4 Å². The summed E-state index contributed by atoms with van der Waals surface area (Å²) in [7, 11) is 0. The summed E-state index contributed by atoms with van der Waals surface area (Å²) in [5.74, 6) is 0. The van der Waals surface area contributed by atoms with Crippen LogP contribution in [0.5, 0.6) is 0 Å². The lowest BCUT2D eigenvalue weighted by Gasteiger charge is -2.06. The van der Waals surface area contributed by atoms with Crippen molar-refractivity contribution in [2.45, 2.75) is 0 Å². The third-order valence-electron chi connectivity index (χ3n) is 5.44. The lowest BCUT2D eigenvalue weighted by atomic mass is 10.0. The first-order valence-electron chi connectivity index (χ1n) is 9.72. The molecule has 0 radical (unpaired) electrons. The van der Waals surface area contributed by atoms with Crippen LogP contribution < -0.4 is 0 Å². The van der Waals surface area contributed by atoms with Crippen LogP contribution >= 0.6 is 11.6 Å². The molecular weight excluding hydrogens is 392 g/mol. The maximum Gasteiger partial charge on any atom is 0.223 e. The first-order valence-corrected chi connectivity index (χ1v) is 10.1. The summed E-state index contributed by atoms with van der Waals surface area (Å²) in [6.07, 6.45) is 0. The molecular formula is C26H15ClN2O. The fourth-order valence-corrected chi connectivity index (χ4v) is 4.28. The summed E-state index contributed by atoms with van der Waals surface area (Å²) in [5.41, 5.74) is 6.36. The van der Waals surface area contributed by atoms with Crippen LogP contribution in [-0.2, 0) is 0 Å². The van der Waals surface area contributed by atoms with Gasteiger partial charge in [0, 0.05) is 27.3 Å². The Bertz CT molecular complexity index is 1550. The monoisotopic (exact) mass is 406 g/mol. The zero-order valence-electron chi connectivity index (χ0n) is 15.8. The van der Waals surface area contributed by atoms with E-state index in [9.17, 15) is 0 Å². The summed E-state index contributed by atoms with van der Waals surface area (Å²) < 4.78 is 6.51. The van der Waals surface area contributed by atoms with Gasteiger partial charge in [0.2, 0.25) is 5.28 Å². The summed E-state index contributed by atoms with van der Waals surface area (Å²) in [4.78, 5) is 8.93. The van der Waals surface area contributed by atoms with Crippen molar-refractivity contribution in [2.24, 2.45) is 0 Å². The molecule has 3 nitrogen and oxygen atoms in total. The van der Waals surface area contributed by atoms with Gasteiger partial charge in [-0.05, 0) is 29.3 Å². The second kappa shape index (κ2) is 6.68. The van der Waals surface area contributed by atoms with Crippen molar-refractivity contribution in [3.8, 4) is 22.4 Å². The van der Waals surface area contributed by atoms with Crippen LogP contribution in [0, 0.1) is 0 Å². The molecule has 6 rings (SSSR count). The Hall–Kier alpha value is -3.69. The summed E-state index contributed by atoms with van der Waals surface area (Å²) >= 11 is 6.26. The van der Waals surface area contributed by atoms with Crippen molar-refractivity contribution in [2.75, 3.05) is 0 Å². The maximum atomic E-state index is 6.51. The molecule has 6 aromatic rings. The third kappa shape index (κ3) is 2.60. The number of rotatable bonds is 2. The fourth-order valence-electron chi connectivity index (χ4n) is 4.11. The molecule has 0 atom stereocenters. The molecule has 0 unspecified atom stereocenters. The number of para-hydroxylation sites is 3. The van der Waals surface area contributed by atoms with Crippen LogP contribution in [0.3, 0.4) is 0 Å². The zero-order chi connectivity index (χ0) is 20.1. The van der Waals surface area contributed by atoms with Gasteiger partial charge in [-0.3, -0.25) is 0 Å². The van der Waals surface area contributed by atoms with E-state index in [0.717, 1.165) is 55.2 Å². The number of hydrogen-bond acceptors (Lipinski definition) is 3. The minimum Gasteiger partial charge on any atom is -0.455 e. The van der Waals surface area contributed by atoms with Crippen LogP contribution in [0.2, 0.25) is 5.28 Å². The highest BCUT2D eigenvalue weighted by Crippen LogP contribution is 2.40. The SMILES string of the molecule is Clc1nc(-c2cccc3c2oc2c(-c4ccccc4)cccc23)c2ccccc2n1. The molecule has 0 saturated heterocycles. The Morgan fingerprint density at radius 2 is 1.20 bits per heavy atom. The molecule has 0 aliphatic carbocycles. The van der Waals surface area contributed by atoms with Crippen LogP contribution in [0.4, 0.5) is 0 Å². The van der Waals surface area contributed by atoms with Crippen LogP contribution in [0.1, 0.15) is 0 Å². The molecule has 4 aromatic carbocycles. The van der Waals surface area contributed by atoms with Crippen molar-refractivity contribution in [3.05, 3.63) is 96.3 Å². The number of benzene rings is 4. The lowest BCUT2D eigenvalue weighted by molar-refractivity contribution is 0.671. The largest absolute Gasteiger partial charge is 0.455 e. The van der Waals surface area contributed by atoms with E-state index in [2.05, 4.69) is 46.4 Å². The average Bonchev–Trinajstić information content (AvgIpc) is 3.18. The third-order valence-corrected chi connectivity index (χ3v) is 5.61. The van der Waals surface area contributed by atoms with E-state index in [4.69, 9.17) is 16.0 Å². The Labute approximate surface area is 177 Å². The van der Waals surface area contributed by atoms with Gasteiger partial charge < -0.3 is 4.42 Å². The van der Waals surface area contributed by atoms with Crippen LogP contribution in [-0.4, -0.2) is 9.97 Å². The van der Waals surface area contributed by atoms with Gasteiger partial charge in [-0.15, -0.1) is 0 Å². The molecule has 0 aliphatic heterocycles. The molecule has 0 N–H and O–H groups in total. The highest BCUT2D eigenvalue weighted by atomic mass is 35.5. The molecule has 2 aromatic heterocycles. The normalized spacial score (nSPS) is 11.5. The number of fused-ring (bicyclic) bond motifs is 4. The van der Waals surface area contributed by atoms with Crippen molar-refractivity contribution in [1.82, 2.24) is 9.97 Å². The van der Waals surface area contributed by atoms with E-state index in [1.807, 2.05) is 54.6 Å². The van der Waals surface area contributed by atoms with E-state index >= 15 is 0 Å². The lowest BCUT2D eigenvalue weighted by Crippen LogP contribution is -1.91. The van der Waals surface area contributed by atoms with E-state index in [-0.39, 0.29) is 5.28 Å². The van der Waals surface area contributed by atoms with E-state index in [1.54, 1.807) is 0 Å². The zero-order valence-corrected chi connectivity index (χ0v) is 16.6. The average molecular weight is 407 g/mol. The second-order valence-corrected chi connectivity index (χ2v) is 7.53. The molecule has 4 heteroatoms. The van der Waals surface area contributed by atoms with Gasteiger partial charge in [-0.2, -0.15) is 0 Å². The molecule has 0 bridgehead atoms. The van der Waals surface area contributed by atoms with Gasteiger partial charge in [0.1, 0.15) is 11.2 Å². The molecule has 0 spiro atoms. The standard InChI is InChI=1S/C26H15ClN2O/c27-26-28-22-15-5-4-10-20(22)23(29-26)21-14-7-13-19-18-12-6-11-17(24(18)30-25(19)21)16-8-2-1-3-9-16/h1-15H. The Morgan fingerprint density at radius 1 is 0.567 bits per heavy atom. The van der Waals surface area contributed by atoms with Crippen molar-refractivity contribution in [1.29, 1.82) is 0 Å². The highest BCUT2D eigenvalue weighted by molar-refractivity contribution is 6.29. The Balaban J connectivity index is 1.70. The summed E-state index contributed by atoms with van der Waals surface area (Å²) in [6, 6.07) is 30.6. The molecule has 142 valence electrons. The van der Waals surface area contributed by atoms with Crippen LogP contribution in [0.25, 0.3) is 55.2 Å². The van der Waals surface area contributed by atoms with Gasteiger partial charge in [0.25, 0.3) is 0 Å². The minimum atomic E-state index is 0.224. The first kappa shape index (κ1) is 17.2. The summed E-state index contributed by atoms with van der Waals surface area (Å²) in [5, 5.41) is 3.30. The molecule has 30 heavy (non-hydrogen) atoms. The topological polar surface area (TPSA) is 38.9 Å². The quantitative estimate of drug-likeness (QED) is 0.279. The van der Waals surface area contributed by atoms with Crippen molar-refractivity contribution >= 4 is 44.4 Å². The predicted octanol–water partition coefficient (Wildman–Crippen LogP) is 7.52. The fraction of sp³-hybridized carbons (Fsp3) is 0. The van der Waals surface area contributed by atoms with Crippen molar-refractivity contribution < 1.29 is 4.42 Å². The molecule has 0 aliphatic rings. The number of halogens is 1. The maximum absolute atomic E-state index is 6.51. The number of furan rings is 1. The minimum absolute atomic E-state index is 0.224. The highest BCUT2D eigenvalue weighted by Gasteiger charge is 2.18. The Kier molecular flexibility index (Phi) is 3.83. The van der Waals surface area contributed by atoms with E-state index < -0.39 is 0 Å². The molecule has 0 amide bonds. The van der Waals surface area contributed by atoms with Gasteiger partial charge in [0.15, 0.2) is 0 Å². The number of aromatic nitrogens is 2. The first-order chi connectivity index (χ1) is 14.8. The number of nitrogens with zero attached hydrogens (tertiary/aromatic N) is 2. The smallest absolute Gasteiger partial charge is 0.223 e. The predicted molar refractivity (Wildman–Crippen MR) is 123 cm³/mol. The molecule has 2 heterocycles. The van der Waals surface area contributed by atoms with Gasteiger partial charge in [-0.25, -0.2) is 9.97 Å². The molecule has 0 saturated carbocycles. The van der Waals surface area contributed by atoms with Gasteiger partial charge >= 0.3 is 0 Å². The van der Waals surface area contributed by atoms with E-state index in [0.29, 0.717) is 0 Å². The molecule has 0 fully saturated rings. The van der Waals surface area contributed by atoms with Gasteiger partial charge in [0.05, 0.1) is 11.2 Å². The van der Waals surface area contributed by atoms with E-state index in [1.165, 1.54) is 0 Å². The van der Waals surface area contributed by atoms with Gasteiger partial charge in [-0.1, -0.05) is 78.9 Å². The number of hydrogen-bond donors (Lipinski definition) is 0.